The number of hydrogen-bond donors (Lipinski definition) is 14. The highest BCUT2D eigenvalue weighted by atomic mass is 15.3. The summed E-state index contributed by atoms with van der Waals surface area (Å²) in [6.45, 7) is 17.2. The van der Waals surface area contributed by atoms with Gasteiger partial charge in [-0.05, 0) is 127 Å². The molecule has 3 aliphatic rings. The summed E-state index contributed by atoms with van der Waals surface area (Å²) >= 11 is 0. The van der Waals surface area contributed by atoms with Crippen LogP contribution in [0.2, 0.25) is 0 Å². The van der Waals surface area contributed by atoms with Crippen LogP contribution < -0.4 is 64.2 Å². The monoisotopic (exact) mass is 1530 g/mol. The van der Waals surface area contributed by atoms with Gasteiger partial charge in [-0.2, -0.15) is 25.5 Å². The first-order valence-electron chi connectivity index (χ1n) is 38.0. The van der Waals surface area contributed by atoms with E-state index in [2.05, 4.69) is 129 Å². The Bertz CT molecular complexity index is 5150. The summed E-state index contributed by atoms with van der Waals surface area (Å²) in [5.74, 6) is 10.6. The minimum Gasteiger partial charge on any atom is -0.393 e. The summed E-state index contributed by atoms with van der Waals surface area (Å²) in [6, 6.07) is 49.7. The van der Waals surface area contributed by atoms with E-state index < -0.39 is 0 Å². The number of piperidine rings is 2. The van der Waals surface area contributed by atoms with Crippen LogP contribution in [0.5, 0.6) is 0 Å². The third kappa shape index (κ3) is 21.8. The Labute approximate surface area is 661 Å². The van der Waals surface area contributed by atoms with Gasteiger partial charge in [0.25, 0.3) is 0 Å². The molecule has 3 fully saturated rings. The van der Waals surface area contributed by atoms with Crippen LogP contribution in [-0.4, -0.2) is 155 Å². The average molecular weight is 1530 g/mol. The number of nitrogens with zero attached hydrogens (tertiary/aromatic N) is 17. The van der Waals surface area contributed by atoms with Crippen molar-refractivity contribution in [1.82, 2.24) is 95.8 Å². The van der Waals surface area contributed by atoms with Gasteiger partial charge in [-0.1, -0.05) is 146 Å². The van der Waals surface area contributed by atoms with Gasteiger partial charge in [-0.25, -0.2) is 39.9 Å². The van der Waals surface area contributed by atoms with E-state index in [1.165, 1.54) is 12.8 Å². The minimum absolute atomic E-state index is 0.364. The number of H-pyrrole nitrogens is 5. The highest BCUT2D eigenvalue weighted by Crippen LogP contribution is 2.36. The molecule has 13 aromatic rings. The third-order valence-corrected chi connectivity index (χ3v) is 18.6. The van der Waals surface area contributed by atoms with Crippen molar-refractivity contribution in [2.75, 3.05) is 124 Å². The van der Waals surface area contributed by atoms with Gasteiger partial charge in [0.15, 0.2) is 98.9 Å². The summed E-state index contributed by atoms with van der Waals surface area (Å²) in [4.78, 5) is 46.3. The van der Waals surface area contributed by atoms with E-state index in [-0.39, 0.29) is 0 Å². The minimum atomic E-state index is 0.364. The maximum atomic E-state index is 6.47. The zero-order valence-electron chi connectivity index (χ0n) is 64.9. The molecule has 3 saturated heterocycles. The highest BCUT2D eigenvalue weighted by Gasteiger charge is 2.25. The number of hydrogen-bond acceptors (Lipinski definition) is 26. The lowest BCUT2D eigenvalue weighted by molar-refractivity contribution is 0.312. The van der Waals surface area contributed by atoms with Gasteiger partial charge >= 0.3 is 0 Å². The molecule has 12 heterocycles. The summed E-state index contributed by atoms with van der Waals surface area (Å²) in [6.07, 6.45) is 22.7. The van der Waals surface area contributed by atoms with Crippen LogP contribution in [0.15, 0.2) is 152 Å². The van der Waals surface area contributed by atoms with E-state index in [0.29, 0.717) is 104 Å². The van der Waals surface area contributed by atoms with Crippen LogP contribution in [0.1, 0.15) is 113 Å². The first-order valence-corrected chi connectivity index (χ1v) is 38.0. The van der Waals surface area contributed by atoms with Gasteiger partial charge in [0.05, 0.1) is 0 Å². The van der Waals surface area contributed by atoms with E-state index >= 15 is 0 Å². The van der Waals surface area contributed by atoms with Crippen LogP contribution in [0.25, 0.3) is 48.6 Å². The second-order valence-corrected chi connectivity index (χ2v) is 27.9. The molecule has 0 atom stereocenters. The Morgan fingerprint density at radius 2 is 0.509 bits per heavy atom. The lowest BCUT2D eigenvalue weighted by Gasteiger charge is -2.34. The van der Waals surface area contributed by atoms with E-state index in [0.717, 1.165) is 146 Å². The first-order chi connectivity index (χ1) is 55.5. The molecule has 18 N–H and O–H groups in total. The number of piperazine rings is 1. The number of nitrogens with one attached hydrogen (secondary N) is 10. The number of benzene rings is 4. The summed E-state index contributed by atoms with van der Waals surface area (Å²) < 4.78 is 0. The predicted octanol–water partition coefficient (Wildman–Crippen LogP) is 14.5. The second-order valence-electron chi connectivity index (χ2n) is 27.9. The largest absolute Gasteiger partial charge is 0.393 e. The fraction of sp³-hybridized carbons (Fsp3) is 0.241. The number of rotatable bonds is 21. The Hall–Kier alpha value is -14.2. The molecule has 4 aromatic carbocycles. The quantitative estimate of drug-likeness (QED) is 0.0318. The molecule has 0 saturated carbocycles. The van der Waals surface area contributed by atoms with Gasteiger partial charge in [-0.15, -0.1) is 0 Å². The van der Waals surface area contributed by atoms with E-state index in [9.17, 15) is 0 Å². The van der Waals surface area contributed by atoms with Crippen molar-refractivity contribution < 1.29 is 0 Å². The summed E-state index contributed by atoms with van der Waals surface area (Å²) in [7, 11) is 2.13. The van der Waals surface area contributed by atoms with Crippen molar-refractivity contribution in [3.8, 4) is 0 Å². The number of nitrogen functional groups attached to an aromatic ring is 4. The molecule has 0 bridgehead atoms. The molecule has 0 radical (unpaired) electrons. The number of aromatic nitrogens is 18. The Morgan fingerprint density at radius 1 is 0.281 bits per heavy atom. The number of likely N-dealkylation sites (N-methyl/N-ethyl adjacent to an activating group) is 1. The maximum absolute atomic E-state index is 6.47. The summed E-state index contributed by atoms with van der Waals surface area (Å²) in [5, 5.41) is 51.6. The Morgan fingerprint density at radius 3 is 0.746 bits per heavy atom. The molecule has 584 valence electrons. The van der Waals surface area contributed by atoms with Gasteiger partial charge in [-0.3, -0.25) is 25.5 Å². The molecule has 0 unspecified atom stereocenters. The van der Waals surface area contributed by atoms with E-state index in [4.69, 9.17) is 37.9 Å². The molecular weight excluding hydrogens is 1430 g/mol. The van der Waals surface area contributed by atoms with Crippen molar-refractivity contribution in [2.45, 2.75) is 73.1 Å². The molecule has 31 heteroatoms. The fourth-order valence-corrected chi connectivity index (χ4v) is 12.6. The molecule has 16 rings (SSSR count). The first kappa shape index (κ1) is 77.9. The fourth-order valence-electron chi connectivity index (χ4n) is 12.6. The lowest BCUT2D eigenvalue weighted by atomic mass is 10.1. The van der Waals surface area contributed by atoms with Gasteiger partial charge < -0.3 is 69.1 Å². The van der Waals surface area contributed by atoms with E-state index in [1.54, 1.807) is 0 Å². The zero-order valence-corrected chi connectivity index (χ0v) is 64.9. The molecule has 31 nitrogen and oxygen atoms in total. The molecule has 9 aromatic heterocycles. The maximum Gasteiger partial charge on any atom is 0.161 e. The van der Waals surface area contributed by atoms with Gasteiger partial charge in [0.1, 0.15) is 22.7 Å². The number of aryl methyl sites for hydroxylation is 5. The van der Waals surface area contributed by atoms with Gasteiger partial charge in [0, 0.05) is 111 Å². The highest BCUT2D eigenvalue weighted by molar-refractivity contribution is 5.85. The van der Waals surface area contributed by atoms with Crippen molar-refractivity contribution >= 4 is 147 Å². The zero-order chi connectivity index (χ0) is 79.1. The summed E-state index contributed by atoms with van der Waals surface area (Å²) in [5.41, 5.74) is 36.8. The normalized spacial score (nSPS) is 13.8. The van der Waals surface area contributed by atoms with Crippen molar-refractivity contribution in [2.24, 2.45) is 0 Å². The molecule has 114 heavy (non-hydrogen) atoms. The number of nitrogens with two attached hydrogens (primary N) is 4. The van der Waals surface area contributed by atoms with Crippen LogP contribution in [0.3, 0.4) is 0 Å². The number of anilines is 17. The smallest absolute Gasteiger partial charge is 0.161 e. The standard InChI is InChI=1S/C21H26N8.2C21H25N7.C20H21N9/c1-15-14-18(27-26-15)24-20-19(22)21(29-12-10-28(2)11-13-29)25-17(23-20)9-8-16-6-4-3-5-7-16;2*1-15-14-18(27-26-15)24-20-19(22)21(28-12-6-3-7-13-28)25-17(23-20)11-10-16-8-4-2-5-9-16;1-12-10-16(28-26-12)24-19-18(21)20(25-17-11-13(2)27-29-17)23-15(22-19)9-8-14-6-4-3-5-7-14/h3-9,14H,10-13,22H2,1-2H3,(H2,23,24,25,26,27);2*2,4-5,8-11,14H,3,6-7,12-13,22H2,1H3,(H2,23,24,25,26,27);3-11H,21H2,1-2H3,(H4,22,23,24,25,26,27,28,29)/b9-8+;2*11-10+;9-8+. The molecule has 3 aliphatic heterocycles. The molecular formula is C83H97N31. The van der Waals surface area contributed by atoms with Crippen LogP contribution >= 0.6 is 0 Å². The van der Waals surface area contributed by atoms with Crippen molar-refractivity contribution in [3.05, 3.63) is 226 Å². The molecule has 0 amide bonds. The second kappa shape index (κ2) is 37.9. The Kier molecular flexibility index (Phi) is 25.9. The van der Waals surface area contributed by atoms with E-state index in [1.807, 2.05) is 235 Å². The lowest BCUT2D eigenvalue weighted by Crippen LogP contribution is -2.45. The van der Waals surface area contributed by atoms with Crippen molar-refractivity contribution in [1.29, 1.82) is 0 Å². The molecule has 0 spiro atoms. The number of aromatic amines is 5. The average Bonchev–Trinajstić information content (AvgIpc) is 1.15. The predicted molar refractivity (Wildman–Crippen MR) is 462 cm³/mol. The van der Waals surface area contributed by atoms with Gasteiger partial charge in [0.2, 0.25) is 0 Å². The van der Waals surface area contributed by atoms with Crippen LogP contribution in [0, 0.1) is 34.6 Å². The topological polar surface area (TPSA) is 424 Å². The van der Waals surface area contributed by atoms with Crippen LogP contribution in [-0.2, 0) is 0 Å². The van der Waals surface area contributed by atoms with Crippen molar-refractivity contribution in [3.63, 3.8) is 0 Å². The SMILES string of the molecule is Cc1cc(Nc2nc(/C=C/c3ccccc3)nc(N3CCCCC3)c2N)n[nH]1.Cc1cc(Nc2nc(/C=C/c3ccccc3)nc(N3CCCCC3)c2N)n[nH]1.Cc1cc(Nc2nc(/C=C/c3ccccc3)nc(N3CCN(C)CC3)c2N)n[nH]1.Cc1cc(Nc2nc(/C=C/c3ccccc3)nc(Nc3cc(C)[nH]n3)c2N)n[nH]1. The molecule has 0 aliphatic carbocycles. The van der Waals surface area contributed by atoms with Crippen LogP contribution in [0.4, 0.5) is 98.4 Å². The Balaban J connectivity index is 0.000000133. The third-order valence-electron chi connectivity index (χ3n) is 18.6.